The fraction of sp³-hybridized carbons (Fsp3) is 0.750. The molecule has 0 aliphatic heterocycles. The Labute approximate surface area is 132 Å². The van der Waals surface area contributed by atoms with E-state index in [1.807, 2.05) is 13.8 Å². The highest BCUT2D eigenvalue weighted by molar-refractivity contribution is 5.99. The van der Waals surface area contributed by atoms with Crippen LogP contribution >= 0.6 is 0 Å². The van der Waals surface area contributed by atoms with Crippen LogP contribution in [0.5, 0.6) is 0 Å². The molecule has 0 aromatic heterocycles. The molecule has 0 fully saturated rings. The molecule has 126 valence electrons. The van der Waals surface area contributed by atoms with E-state index < -0.39 is 11.8 Å². The number of carbonyl (C=O) groups is 4. The van der Waals surface area contributed by atoms with Crippen molar-refractivity contribution in [3.63, 3.8) is 0 Å². The molecule has 0 aromatic carbocycles. The number of rotatable bonds is 11. The first-order valence-electron chi connectivity index (χ1n) is 8.14. The minimum Gasteiger partial charge on any atom is -0.296 e. The number of hydrogen-bond donors (Lipinski definition) is 2. The Hall–Kier alpha value is -1.72. The Morgan fingerprint density at radius 2 is 0.864 bits per heavy atom. The molecule has 0 rings (SSSR count). The van der Waals surface area contributed by atoms with Gasteiger partial charge in [-0.25, -0.2) is 0 Å². The molecule has 6 heteroatoms. The van der Waals surface area contributed by atoms with Crippen molar-refractivity contribution in [2.24, 2.45) is 0 Å². The minimum absolute atomic E-state index is 0.0897. The predicted octanol–water partition coefficient (Wildman–Crippen LogP) is 2.21. The Balaban J connectivity index is 3.78. The molecular weight excluding hydrogens is 284 g/mol. The van der Waals surface area contributed by atoms with Gasteiger partial charge in [0.15, 0.2) is 0 Å². The lowest BCUT2D eigenvalue weighted by molar-refractivity contribution is -0.134. The van der Waals surface area contributed by atoms with Crippen molar-refractivity contribution >= 4 is 23.6 Å². The Kier molecular flexibility index (Phi) is 12.0. The largest absolute Gasteiger partial charge is 0.296 e. The maximum atomic E-state index is 11.5. The summed E-state index contributed by atoms with van der Waals surface area (Å²) in [5, 5.41) is 4.49. The van der Waals surface area contributed by atoms with Gasteiger partial charge in [-0.1, -0.05) is 39.5 Å². The Bertz CT molecular complexity index is 344. The van der Waals surface area contributed by atoms with Gasteiger partial charge in [0, 0.05) is 25.7 Å². The van der Waals surface area contributed by atoms with Gasteiger partial charge < -0.3 is 0 Å². The summed E-state index contributed by atoms with van der Waals surface area (Å²) < 4.78 is 0. The monoisotopic (exact) mass is 312 g/mol. The molecule has 4 amide bonds. The highest BCUT2D eigenvalue weighted by Crippen LogP contribution is 2.00. The fourth-order valence-corrected chi connectivity index (χ4v) is 1.86. The highest BCUT2D eigenvalue weighted by Gasteiger charge is 2.12. The van der Waals surface area contributed by atoms with Crippen LogP contribution in [0.25, 0.3) is 0 Å². The zero-order chi connectivity index (χ0) is 16.8. The molecule has 0 aliphatic rings. The lowest BCUT2D eigenvalue weighted by atomic mass is 10.2. The van der Waals surface area contributed by atoms with E-state index in [2.05, 4.69) is 10.6 Å². The minimum atomic E-state index is -0.477. The smallest absolute Gasteiger partial charge is 0.227 e. The maximum absolute atomic E-state index is 11.5. The number of carbonyl (C=O) groups excluding carboxylic acids is 4. The predicted molar refractivity (Wildman–Crippen MR) is 83.8 cm³/mol. The average molecular weight is 312 g/mol. The second-order valence-corrected chi connectivity index (χ2v) is 5.36. The van der Waals surface area contributed by atoms with Crippen molar-refractivity contribution in [1.82, 2.24) is 10.6 Å². The van der Waals surface area contributed by atoms with Crippen LogP contribution in [0.1, 0.15) is 78.1 Å². The van der Waals surface area contributed by atoms with Gasteiger partial charge in [-0.15, -0.1) is 0 Å². The van der Waals surface area contributed by atoms with Crippen molar-refractivity contribution in [3.05, 3.63) is 0 Å². The lowest BCUT2D eigenvalue weighted by Crippen LogP contribution is -2.33. The van der Waals surface area contributed by atoms with Crippen molar-refractivity contribution in [1.29, 1.82) is 0 Å². The molecule has 0 bridgehead atoms. The Morgan fingerprint density at radius 3 is 1.18 bits per heavy atom. The van der Waals surface area contributed by atoms with Crippen molar-refractivity contribution in [2.75, 3.05) is 0 Å². The quantitative estimate of drug-likeness (QED) is 0.572. The second-order valence-electron chi connectivity index (χ2n) is 5.36. The van der Waals surface area contributed by atoms with Gasteiger partial charge in [0.1, 0.15) is 0 Å². The summed E-state index contributed by atoms with van der Waals surface area (Å²) in [5.41, 5.74) is 0. The molecule has 0 unspecified atom stereocenters. The summed E-state index contributed by atoms with van der Waals surface area (Å²) in [6.45, 7) is 4.07. The van der Waals surface area contributed by atoms with E-state index in [1.54, 1.807) is 0 Å². The molecule has 0 aromatic rings. The van der Waals surface area contributed by atoms with Gasteiger partial charge in [-0.05, 0) is 12.8 Å². The van der Waals surface area contributed by atoms with Crippen LogP contribution in [0.4, 0.5) is 0 Å². The topological polar surface area (TPSA) is 92.3 Å². The molecule has 6 nitrogen and oxygen atoms in total. The fourth-order valence-electron chi connectivity index (χ4n) is 1.86. The molecule has 0 heterocycles. The van der Waals surface area contributed by atoms with Crippen LogP contribution < -0.4 is 10.6 Å². The van der Waals surface area contributed by atoms with E-state index in [-0.39, 0.29) is 24.7 Å². The van der Waals surface area contributed by atoms with E-state index in [0.717, 1.165) is 38.5 Å². The molecule has 0 radical (unpaired) electrons. The number of amides is 4. The zero-order valence-electron chi connectivity index (χ0n) is 13.7. The van der Waals surface area contributed by atoms with Gasteiger partial charge in [-0.2, -0.15) is 0 Å². The van der Waals surface area contributed by atoms with E-state index in [9.17, 15) is 19.2 Å². The van der Waals surface area contributed by atoms with Crippen LogP contribution in [0.3, 0.4) is 0 Å². The van der Waals surface area contributed by atoms with E-state index in [0.29, 0.717) is 12.8 Å². The third kappa shape index (κ3) is 12.1. The first-order valence-corrected chi connectivity index (χ1v) is 8.14. The number of imide groups is 2. The molecule has 0 spiro atoms. The summed E-state index contributed by atoms with van der Waals surface area (Å²) in [5.74, 6) is -1.57. The summed E-state index contributed by atoms with van der Waals surface area (Å²) >= 11 is 0. The normalized spacial score (nSPS) is 10.1. The van der Waals surface area contributed by atoms with E-state index in [4.69, 9.17) is 0 Å². The molecule has 0 aliphatic carbocycles. The number of unbranched alkanes of at least 4 members (excludes halogenated alkanes) is 4. The molecule has 22 heavy (non-hydrogen) atoms. The van der Waals surface area contributed by atoms with Crippen LogP contribution in [0, 0.1) is 0 Å². The second kappa shape index (κ2) is 13.0. The summed E-state index contributed by atoms with van der Waals surface area (Å²) in [4.78, 5) is 45.8. The Morgan fingerprint density at radius 1 is 0.545 bits per heavy atom. The molecule has 0 saturated carbocycles. The molecular formula is C16H28N2O4. The van der Waals surface area contributed by atoms with E-state index in [1.165, 1.54) is 0 Å². The molecule has 0 atom stereocenters. The van der Waals surface area contributed by atoms with Crippen LogP contribution in [0.2, 0.25) is 0 Å². The standard InChI is InChI=1S/C16H28N2O4/c1-3-5-7-9-13(19)17-15(21)11-12-16(22)18-14(20)10-8-6-4-2/h3-12H2,1-2H3,(H,17,19,21)(H,18,20,22). The van der Waals surface area contributed by atoms with Gasteiger partial charge in [0.25, 0.3) is 0 Å². The first-order chi connectivity index (χ1) is 10.5. The molecule has 2 N–H and O–H groups in total. The number of nitrogens with one attached hydrogen (secondary N) is 2. The van der Waals surface area contributed by atoms with E-state index >= 15 is 0 Å². The van der Waals surface area contributed by atoms with Crippen molar-refractivity contribution in [2.45, 2.75) is 78.1 Å². The summed E-state index contributed by atoms with van der Waals surface area (Å²) in [7, 11) is 0. The van der Waals surface area contributed by atoms with Crippen LogP contribution in [-0.4, -0.2) is 23.6 Å². The first kappa shape index (κ1) is 20.3. The van der Waals surface area contributed by atoms with Gasteiger partial charge in [-0.3, -0.25) is 29.8 Å². The van der Waals surface area contributed by atoms with Gasteiger partial charge >= 0.3 is 0 Å². The van der Waals surface area contributed by atoms with Crippen LogP contribution in [0.15, 0.2) is 0 Å². The summed E-state index contributed by atoms with van der Waals surface area (Å²) in [6.07, 6.45) is 5.88. The average Bonchev–Trinajstić information content (AvgIpc) is 2.45. The lowest BCUT2D eigenvalue weighted by Gasteiger charge is -2.05. The third-order valence-corrected chi connectivity index (χ3v) is 3.15. The number of hydrogen-bond acceptors (Lipinski definition) is 4. The van der Waals surface area contributed by atoms with Gasteiger partial charge in [0.2, 0.25) is 23.6 Å². The maximum Gasteiger partial charge on any atom is 0.227 e. The molecule has 0 saturated heterocycles. The van der Waals surface area contributed by atoms with Crippen LogP contribution in [-0.2, 0) is 19.2 Å². The summed E-state index contributed by atoms with van der Waals surface area (Å²) in [6, 6.07) is 0. The zero-order valence-corrected chi connectivity index (χ0v) is 13.7. The van der Waals surface area contributed by atoms with Gasteiger partial charge in [0.05, 0.1) is 0 Å². The SMILES string of the molecule is CCCCCC(=O)NC(=O)CCC(=O)NC(=O)CCCCC. The van der Waals surface area contributed by atoms with Crippen molar-refractivity contribution in [3.8, 4) is 0 Å². The third-order valence-electron chi connectivity index (χ3n) is 3.15. The van der Waals surface area contributed by atoms with Crippen molar-refractivity contribution < 1.29 is 19.2 Å². The highest BCUT2D eigenvalue weighted by atomic mass is 16.2.